The molecule has 1 aromatic rings. The lowest BCUT2D eigenvalue weighted by Gasteiger charge is -2.09. The van der Waals surface area contributed by atoms with Gasteiger partial charge in [0, 0.05) is 27.7 Å². The highest BCUT2D eigenvalue weighted by atomic mass is 32.2. The maximum atomic E-state index is 13.2. The highest BCUT2D eigenvalue weighted by Gasteiger charge is 2.17. The van der Waals surface area contributed by atoms with Gasteiger partial charge in [-0.2, -0.15) is 0 Å². The average Bonchev–Trinajstić information content (AvgIpc) is 2.21. The minimum absolute atomic E-state index is 0.111. The second-order valence-corrected chi connectivity index (χ2v) is 5.52. The lowest BCUT2D eigenvalue weighted by molar-refractivity contribution is -0.136. The number of aliphatic carboxylic acids is 1. The molecule has 0 bridgehead atoms. The molecular weight excluding hydrogens is 250 g/mol. The van der Waals surface area contributed by atoms with E-state index in [9.17, 15) is 17.8 Å². The van der Waals surface area contributed by atoms with E-state index in [1.165, 1.54) is 13.0 Å². The number of benzene rings is 1. The molecule has 2 unspecified atom stereocenters. The van der Waals surface area contributed by atoms with Crippen LogP contribution in [0.15, 0.2) is 18.2 Å². The van der Waals surface area contributed by atoms with Crippen LogP contribution in [0.3, 0.4) is 0 Å². The lowest BCUT2D eigenvalue weighted by atomic mass is 10.2. The largest absolute Gasteiger partial charge is 0.481 e. The lowest BCUT2D eigenvalue weighted by Crippen LogP contribution is -2.17. The molecule has 0 aliphatic rings. The van der Waals surface area contributed by atoms with Gasteiger partial charge in [0.25, 0.3) is 0 Å². The molecule has 0 fully saturated rings. The van der Waals surface area contributed by atoms with Gasteiger partial charge < -0.3 is 5.11 Å². The van der Waals surface area contributed by atoms with E-state index < -0.39 is 33.7 Å². The number of carboxylic acids is 1. The minimum atomic E-state index is -1.50. The summed E-state index contributed by atoms with van der Waals surface area (Å²) in [6.07, 6.45) is -0.241. The summed E-state index contributed by atoms with van der Waals surface area (Å²) in [7, 11) is -1.50. The Kier molecular flexibility index (Phi) is 4.74. The second-order valence-electron chi connectivity index (χ2n) is 3.67. The molecule has 0 aliphatic heterocycles. The molecule has 1 N–H and O–H groups in total. The van der Waals surface area contributed by atoms with Gasteiger partial charge in [-0.15, -0.1) is 0 Å². The number of carboxylic acid groups (broad SMARTS) is 1. The first-order chi connectivity index (χ1) is 7.90. The van der Waals surface area contributed by atoms with Crippen LogP contribution in [0, 0.1) is 11.6 Å². The second kappa shape index (κ2) is 5.86. The molecule has 0 saturated carbocycles. The third-order valence-corrected chi connectivity index (χ3v) is 3.88. The molecule has 17 heavy (non-hydrogen) atoms. The van der Waals surface area contributed by atoms with Gasteiger partial charge in [-0.1, -0.05) is 13.0 Å². The number of carbonyl (C=O) groups is 1. The Labute approximate surface area is 99.9 Å². The first-order valence-electron chi connectivity index (χ1n) is 4.93. The Morgan fingerprint density at radius 3 is 2.65 bits per heavy atom. The fourth-order valence-electron chi connectivity index (χ4n) is 1.27. The van der Waals surface area contributed by atoms with Crippen LogP contribution in [-0.2, 0) is 21.3 Å². The van der Waals surface area contributed by atoms with E-state index in [0.29, 0.717) is 6.07 Å². The van der Waals surface area contributed by atoms with Gasteiger partial charge in [-0.05, 0) is 6.07 Å². The Balaban J connectivity index is 2.71. The van der Waals surface area contributed by atoms with E-state index in [0.717, 1.165) is 6.07 Å². The van der Waals surface area contributed by atoms with E-state index in [4.69, 9.17) is 5.11 Å². The SMILES string of the molecule is CC(CC(=O)O)S(=O)Cc1ccc(F)cc1F. The molecule has 0 heterocycles. The van der Waals surface area contributed by atoms with Crippen molar-refractivity contribution >= 4 is 16.8 Å². The highest BCUT2D eigenvalue weighted by Crippen LogP contribution is 2.14. The summed E-state index contributed by atoms with van der Waals surface area (Å²) in [4.78, 5) is 10.4. The van der Waals surface area contributed by atoms with Crippen LogP contribution in [0.2, 0.25) is 0 Å². The molecule has 2 atom stereocenters. The Morgan fingerprint density at radius 2 is 2.12 bits per heavy atom. The van der Waals surface area contributed by atoms with Crippen molar-refractivity contribution in [3.63, 3.8) is 0 Å². The highest BCUT2D eigenvalue weighted by molar-refractivity contribution is 7.84. The zero-order valence-corrected chi connectivity index (χ0v) is 9.97. The van der Waals surface area contributed by atoms with Crippen LogP contribution in [0.5, 0.6) is 0 Å². The van der Waals surface area contributed by atoms with Crippen molar-refractivity contribution in [2.45, 2.75) is 24.3 Å². The molecule has 0 aliphatic carbocycles. The first-order valence-corrected chi connectivity index (χ1v) is 6.31. The van der Waals surface area contributed by atoms with E-state index in [2.05, 4.69) is 0 Å². The normalized spacial score (nSPS) is 14.3. The average molecular weight is 262 g/mol. The maximum Gasteiger partial charge on any atom is 0.304 e. The molecule has 0 spiro atoms. The number of hydrogen-bond acceptors (Lipinski definition) is 2. The fourth-order valence-corrected chi connectivity index (χ4v) is 2.43. The van der Waals surface area contributed by atoms with Gasteiger partial charge in [0.1, 0.15) is 11.6 Å². The zero-order chi connectivity index (χ0) is 13.0. The predicted octanol–water partition coefficient (Wildman–Crippen LogP) is 2.08. The number of hydrogen-bond donors (Lipinski definition) is 1. The van der Waals surface area contributed by atoms with E-state index in [1.54, 1.807) is 0 Å². The predicted molar refractivity (Wildman–Crippen MR) is 59.9 cm³/mol. The van der Waals surface area contributed by atoms with Crippen LogP contribution in [0.1, 0.15) is 18.9 Å². The third-order valence-electron chi connectivity index (χ3n) is 2.22. The van der Waals surface area contributed by atoms with Gasteiger partial charge in [0.05, 0.1) is 12.2 Å². The van der Waals surface area contributed by atoms with Gasteiger partial charge in [0.15, 0.2) is 0 Å². The molecule has 0 saturated heterocycles. The topological polar surface area (TPSA) is 54.4 Å². The van der Waals surface area contributed by atoms with Crippen molar-refractivity contribution in [2.24, 2.45) is 0 Å². The molecule has 1 rings (SSSR count). The van der Waals surface area contributed by atoms with Crippen molar-refractivity contribution in [3.05, 3.63) is 35.4 Å². The minimum Gasteiger partial charge on any atom is -0.481 e. The van der Waals surface area contributed by atoms with Gasteiger partial charge in [-0.3, -0.25) is 9.00 Å². The van der Waals surface area contributed by atoms with E-state index >= 15 is 0 Å². The summed E-state index contributed by atoms with van der Waals surface area (Å²) in [5.74, 6) is -2.62. The third kappa shape index (κ3) is 4.22. The quantitative estimate of drug-likeness (QED) is 0.883. The summed E-state index contributed by atoms with van der Waals surface area (Å²) in [6.45, 7) is 1.52. The van der Waals surface area contributed by atoms with Crippen LogP contribution >= 0.6 is 0 Å². The zero-order valence-electron chi connectivity index (χ0n) is 9.15. The smallest absolute Gasteiger partial charge is 0.304 e. The van der Waals surface area contributed by atoms with Crippen molar-refractivity contribution in [2.75, 3.05) is 0 Å². The summed E-state index contributed by atoms with van der Waals surface area (Å²) in [5.41, 5.74) is 0.127. The molecule has 94 valence electrons. The van der Waals surface area contributed by atoms with Gasteiger partial charge in [-0.25, -0.2) is 8.78 Å². The monoisotopic (exact) mass is 262 g/mol. The number of halogens is 2. The molecule has 6 heteroatoms. The maximum absolute atomic E-state index is 13.2. The van der Waals surface area contributed by atoms with Crippen LogP contribution < -0.4 is 0 Å². The van der Waals surface area contributed by atoms with Gasteiger partial charge in [0.2, 0.25) is 0 Å². The molecule has 3 nitrogen and oxygen atoms in total. The summed E-state index contributed by atoms with van der Waals surface area (Å²) >= 11 is 0. The van der Waals surface area contributed by atoms with Crippen molar-refractivity contribution in [3.8, 4) is 0 Å². The number of rotatable bonds is 5. The molecule has 0 aromatic heterocycles. The van der Waals surface area contributed by atoms with Crippen molar-refractivity contribution in [1.29, 1.82) is 0 Å². The van der Waals surface area contributed by atoms with Crippen LogP contribution in [-0.4, -0.2) is 20.5 Å². The first kappa shape index (κ1) is 13.8. The summed E-state index contributed by atoms with van der Waals surface area (Å²) in [6, 6.07) is 3.02. The summed E-state index contributed by atoms with van der Waals surface area (Å²) < 4.78 is 37.5. The molecule has 0 amide bonds. The standard InChI is InChI=1S/C11H12F2O3S/c1-7(4-11(14)15)17(16)6-8-2-3-9(12)5-10(8)13/h2-3,5,7H,4,6H2,1H3,(H,14,15). The Hall–Kier alpha value is -1.30. The van der Waals surface area contributed by atoms with Crippen molar-refractivity contribution < 1.29 is 22.9 Å². The van der Waals surface area contributed by atoms with E-state index in [-0.39, 0.29) is 17.7 Å². The Morgan fingerprint density at radius 1 is 1.47 bits per heavy atom. The van der Waals surface area contributed by atoms with Crippen LogP contribution in [0.4, 0.5) is 8.78 Å². The Bertz CT molecular complexity index is 448. The van der Waals surface area contributed by atoms with Gasteiger partial charge >= 0.3 is 5.97 Å². The van der Waals surface area contributed by atoms with Crippen LogP contribution in [0.25, 0.3) is 0 Å². The molecule has 1 aromatic carbocycles. The van der Waals surface area contributed by atoms with Crippen molar-refractivity contribution in [1.82, 2.24) is 0 Å². The molecular formula is C11H12F2O3S. The van der Waals surface area contributed by atoms with E-state index in [1.807, 2.05) is 0 Å². The fraction of sp³-hybridized carbons (Fsp3) is 0.364. The molecule has 0 radical (unpaired) electrons. The summed E-state index contributed by atoms with van der Waals surface area (Å²) in [5, 5.41) is 7.96.